The van der Waals surface area contributed by atoms with Crippen LogP contribution >= 0.6 is 0 Å². The molecule has 4 rings (SSSR count). The lowest BCUT2D eigenvalue weighted by molar-refractivity contribution is -0.126. The Morgan fingerprint density at radius 3 is 2.96 bits per heavy atom. The summed E-state index contributed by atoms with van der Waals surface area (Å²) in [5, 5.41) is 0. The SMILES string of the molecule is CC(C)Oc1ccc2c(c1)[C@]13CCCCC1[C@H](C2)N(C=O)CC3. The summed E-state index contributed by atoms with van der Waals surface area (Å²) in [6.07, 6.45) is 8.60. The molecule has 124 valence electrons. The van der Waals surface area contributed by atoms with E-state index in [1.54, 1.807) is 0 Å². The van der Waals surface area contributed by atoms with Crippen LogP contribution in [-0.4, -0.2) is 30.0 Å². The highest BCUT2D eigenvalue weighted by molar-refractivity contribution is 5.52. The number of amides is 1. The van der Waals surface area contributed by atoms with Crippen LogP contribution in [-0.2, 0) is 16.6 Å². The number of benzene rings is 1. The Balaban J connectivity index is 1.80. The number of ether oxygens (including phenoxy) is 1. The quantitative estimate of drug-likeness (QED) is 0.797. The number of carbonyl (C=O) groups is 1. The van der Waals surface area contributed by atoms with E-state index in [1.807, 2.05) is 0 Å². The molecule has 1 saturated carbocycles. The summed E-state index contributed by atoms with van der Waals surface area (Å²) in [7, 11) is 0. The summed E-state index contributed by atoms with van der Waals surface area (Å²) >= 11 is 0. The Hall–Kier alpha value is -1.51. The van der Waals surface area contributed by atoms with Gasteiger partial charge in [0.15, 0.2) is 0 Å². The van der Waals surface area contributed by atoms with Gasteiger partial charge in [0.1, 0.15) is 5.75 Å². The molecule has 23 heavy (non-hydrogen) atoms. The summed E-state index contributed by atoms with van der Waals surface area (Å²) in [5.74, 6) is 1.64. The van der Waals surface area contributed by atoms with Crippen LogP contribution in [0.1, 0.15) is 57.1 Å². The van der Waals surface area contributed by atoms with Crippen molar-refractivity contribution in [2.24, 2.45) is 5.92 Å². The normalized spacial score (nSPS) is 32.2. The minimum Gasteiger partial charge on any atom is -0.491 e. The highest BCUT2D eigenvalue weighted by atomic mass is 16.5. The Labute approximate surface area is 139 Å². The third-order valence-corrected chi connectivity index (χ3v) is 6.36. The molecule has 0 N–H and O–H groups in total. The van der Waals surface area contributed by atoms with E-state index >= 15 is 0 Å². The maximum absolute atomic E-state index is 11.5. The monoisotopic (exact) mass is 313 g/mol. The van der Waals surface area contributed by atoms with Crippen molar-refractivity contribution in [2.45, 2.75) is 69.9 Å². The molecule has 1 heterocycles. The van der Waals surface area contributed by atoms with E-state index in [-0.39, 0.29) is 11.5 Å². The van der Waals surface area contributed by atoms with Crippen LogP contribution < -0.4 is 4.74 Å². The van der Waals surface area contributed by atoms with Gasteiger partial charge in [-0.1, -0.05) is 18.9 Å². The van der Waals surface area contributed by atoms with E-state index in [0.717, 1.165) is 31.5 Å². The molecule has 2 aliphatic carbocycles. The van der Waals surface area contributed by atoms with Gasteiger partial charge in [-0.25, -0.2) is 0 Å². The minimum absolute atomic E-state index is 0.209. The number of carbonyl (C=O) groups excluding carboxylic acids is 1. The molecule has 0 aromatic heterocycles. The fourth-order valence-corrected chi connectivity index (χ4v) is 5.49. The fourth-order valence-electron chi connectivity index (χ4n) is 5.49. The van der Waals surface area contributed by atoms with Crippen LogP contribution in [0.5, 0.6) is 5.75 Å². The predicted octanol–water partition coefficient (Wildman–Crippen LogP) is 3.69. The maximum atomic E-state index is 11.5. The molecule has 1 unspecified atom stereocenters. The van der Waals surface area contributed by atoms with Gasteiger partial charge >= 0.3 is 0 Å². The van der Waals surface area contributed by atoms with Gasteiger partial charge in [0, 0.05) is 18.0 Å². The first-order chi connectivity index (χ1) is 11.1. The van der Waals surface area contributed by atoms with E-state index in [2.05, 4.69) is 36.9 Å². The molecule has 3 atom stereocenters. The zero-order valence-electron chi connectivity index (χ0n) is 14.3. The average molecular weight is 313 g/mol. The summed E-state index contributed by atoms with van der Waals surface area (Å²) < 4.78 is 5.97. The number of piperidine rings is 1. The Kier molecular flexibility index (Phi) is 3.62. The standard InChI is InChI=1S/C20H27NO2/c1-14(2)23-16-7-6-15-11-19-17-5-3-4-8-20(17,18(15)12-16)9-10-21(19)13-22/h6-7,12-14,17,19H,3-5,8-11H2,1-2H3/t17?,19-,20-/m0/s1. The highest BCUT2D eigenvalue weighted by Crippen LogP contribution is 2.55. The molecule has 3 aliphatic rings. The molecule has 3 heteroatoms. The second-order valence-electron chi connectivity index (χ2n) is 7.86. The zero-order chi connectivity index (χ0) is 16.0. The van der Waals surface area contributed by atoms with E-state index in [1.165, 1.54) is 36.8 Å². The van der Waals surface area contributed by atoms with Gasteiger partial charge in [-0.3, -0.25) is 4.79 Å². The number of hydrogen-bond donors (Lipinski definition) is 0. The summed E-state index contributed by atoms with van der Waals surface area (Å²) in [6.45, 7) is 5.08. The number of hydrogen-bond acceptors (Lipinski definition) is 2. The Morgan fingerprint density at radius 1 is 1.30 bits per heavy atom. The van der Waals surface area contributed by atoms with Crippen molar-refractivity contribution in [1.82, 2.24) is 4.90 Å². The molecule has 1 saturated heterocycles. The van der Waals surface area contributed by atoms with E-state index in [0.29, 0.717) is 12.0 Å². The van der Waals surface area contributed by atoms with Crippen molar-refractivity contribution >= 4 is 6.41 Å². The van der Waals surface area contributed by atoms with Crippen molar-refractivity contribution in [3.05, 3.63) is 29.3 Å². The number of rotatable bonds is 3. The van der Waals surface area contributed by atoms with Crippen LogP contribution in [0.25, 0.3) is 0 Å². The summed E-state index contributed by atoms with van der Waals surface area (Å²) in [5.41, 5.74) is 3.25. The lowest BCUT2D eigenvalue weighted by Crippen LogP contribution is -2.60. The first kappa shape index (κ1) is 15.0. The molecule has 2 fully saturated rings. The number of nitrogens with zero attached hydrogens (tertiary/aromatic N) is 1. The van der Waals surface area contributed by atoms with Gasteiger partial charge < -0.3 is 9.64 Å². The maximum Gasteiger partial charge on any atom is 0.209 e. The molecule has 0 radical (unpaired) electrons. The molecule has 0 spiro atoms. The molecule has 3 nitrogen and oxygen atoms in total. The second kappa shape index (κ2) is 5.54. The lowest BCUT2D eigenvalue weighted by atomic mass is 9.52. The van der Waals surface area contributed by atoms with Gasteiger partial charge in [-0.2, -0.15) is 0 Å². The molecule has 1 amide bonds. The zero-order valence-corrected chi connectivity index (χ0v) is 14.3. The Bertz CT molecular complexity index is 612. The van der Waals surface area contributed by atoms with E-state index < -0.39 is 0 Å². The number of fused-ring (bicyclic) bond motifs is 1. The van der Waals surface area contributed by atoms with Crippen LogP contribution in [0, 0.1) is 5.92 Å². The van der Waals surface area contributed by atoms with Gasteiger partial charge in [0.05, 0.1) is 6.10 Å². The highest BCUT2D eigenvalue weighted by Gasteiger charge is 2.53. The number of likely N-dealkylation sites (tertiary alicyclic amines) is 1. The second-order valence-corrected chi connectivity index (χ2v) is 7.86. The van der Waals surface area contributed by atoms with Crippen molar-refractivity contribution in [1.29, 1.82) is 0 Å². The average Bonchev–Trinajstić information content (AvgIpc) is 2.55. The van der Waals surface area contributed by atoms with Crippen LogP contribution in [0.2, 0.25) is 0 Å². The van der Waals surface area contributed by atoms with E-state index in [4.69, 9.17) is 4.74 Å². The van der Waals surface area contributed by atoms with Crippen molar-refractivity contribution < 1.29 is 9.53 Å². The van der Waals surface area contributed by atoms with Gasteiger partial charge in [-0.15, -0.1) is 0 Å². The molecule has 1 aromatic carbocycles. The van der Waals surface area contributed by atoms with Crippen molar-refractivity contribution in [3.63, 3.8) is 0 Å². The largest absolute Gasteiger partial charge is 0.491 e. The third-order valence-electron chi connectivity index (χ3n) is 6.36. The first-order valence-electron chi connectivity index (χ1n) is 9.15. The fraction of sp³-hybridized carbons (Fsp3) is 0.650. The Morgan fingerprint density at radius 2 is 2.17 bits per heavy atom. The van der Waals surface area contributed by atoms with Crippen molar-refractivity contribution in [2.75, 3.05) is 6.54 Å². The molecular formula is C20H27NO2. The van der Waals surface area contributed by atoms with Crippen LogP contribution in [0.3, 0.4) is 0 Å². The van der Waals surface area contributed by atoms with E-state index in [9.17, 15) is 4.79 Å². The van der Waals surface area contributed by atoms with Crippen molar-refractivity contribution in [3.8, 4) is 5.75 Å². The first-order valence-corrected chi connectivity index (χ1v) is 9.15. The minimum atomic E-state index is 0.209. The van der Waals surface area contributed by atoms with Crippen LogP contribution in [0.4, 0.5) is 0 Å². The third kappa shape index (κ3) is 2.28. The lowest BCUT2D eigenvalue weighted by Gasteiger charge is -2.58. The topological polar surface area (TPSA) is 29.5 Å². The van der Waals surface area contributed by atoms with Crippen LogP contribution in [0.15, 0.2) is 18.2 Å². The molecular weight excluding hydrogens is 286 g/mol. The molecule has 2 bridgehead atoms. The smallest absolute Gasteiger partial charge is 0.209 e. The predicted molar refractivity (Wildman–Crippen MR) is 90.7 cm³/mol. The molecule has 1 aromatic rings. The van der Waals surface area contributed by atoms with Gasteiger partial charge in [0.2, 0.25) is 6.41 Å². The molecule has 1 aliphatic heterocycles. The van der Waals surface area contributed by atoms with Gasteiger partial charge in [0.25, 0.3) is 0 Å². The van der Waals surface area contributed by atoms with Gasteiger partial charge in [-0.05, 0) is 68.7 Å². The summed E-state index contributed by atoms with van der Waals surface area (Å²) in [6, 6.07) is 7.09. The summed E-state index contributed by atoms with van der Waals surface area (Å²) in [4.78, 5) is 13.6.